The molecule has 4 aromatic rings. The average molecular weight is 808 g/mol. The Balaban J connectivity index is 0.863. The number of imidazole rings is 2. The Labute approximate surface area is 344 Å². The summed E-state index contributed by atoms with van der Waals surface area (Å²) in [6, 6.07) is 12.1. The van der Waals surface area contributed by atoms with Crippen LogP contribution in [-0.2, 0) is 56.0 Å². The Bertz CT molecular complexity index is 2280. The summed E-state index contributed by atoms with van der Waals surface area (Å²) in [6.45, 7) is 7.76. The van der Waals surface area contributed by atoms with Crippen molar-refractivity contribution in [1.29, 1.82) is 0 Å². The number of fused-ring (bicyclic) bond motifs is 4. The van der Waals surface area contributed by atoms with Crippen LogP contribution in [0.1, 0.15) is 107 Å². The zero-order chi connectivity index (χ0) is 40.3. The second-order valence-corrected chi connectivity index (χ2v) is 18.1. The van der Waals surface area contributed by atoms with E-state index in [4.69, 9.17) is 26.3 Å². The number of aliphatic carboxylic acids is 1. The lowest BCUT2D eigenvalue weighted by Crippen LogP contribution is -2.42. The van der Waals surface area contributed by atoms with Gasteiger partial charge in [0.15, 0.2) is 11.6 Å². The minimum atomic E-state index is -0.616. The van der Waals surface area contributed by atoms with Crippen LogP contribution < -0.4 is 5.32 Å². The van der Waals surface area contributed by atoms with Crippen LogP contribution in [0.15, 0.2) is 36.4 Å². The van der Waals surface area contributed by atoms with E-state index in [0.29, 0.717) is 34.9 Å². The number of aromatic nitrogens is 4. The van der Waals surface area contributed by atoms with Gasteiger partial charge >= 0.3 is 5.97 Å². The van der Waals surface area contributed by atoms with Crippen molar-refractivity contribution in [1.82, 2.24) is 28.9 Å². The van der Waals surface area contributed by atoms with Crippen LogP contribution in [-0.4, -0.2) is 90.6 Å². The highest BCUT2D eigenvalue weighted by molar-refractivity contribution is 6.34. The maximum absolute atomic E-state index is 13.8. The third-order valence-corrected chi connectivity index (χ3v) is 14.9. The van der Waals surface area contributed by atoms with Gasteiger partial charge in [-0.2, -0.15) is 0 Å². The van der Waals surface area contributed by atoms with E-state index in [1.54, 1.807) is 0 Å². The molecule has 2 bridgehead atoms. The van der Waals surface area contributed by atoms with Crippen LogP contribution in [0.2, 0.25) is 5.02 Å². The lowest BCUT2D eigenvalue weighted by atomic mass is 9.80. The highest BCUT2D eigenvalue weighted by Gasteiger charge is 2.57. The SMILES string of the molecule is Cc1c(NC(=O)c2nc3c(n2C)CCN(CCC24CCC(C(=O)O)(CC2)C4)C3)cccc1-c1cccc(CC(=O)c2nc3c(n2C)CCN(C2CCOCC2)C3)c1Cl. The molecule has 58 heavy (non-hydrogen) atoms. The van der Waals surface area contributed by atoms with E-state index in [1.807, 2.05) is 66.6 Å². The van der Waals surface area contributed by atoms with Crippen LogP contribution in [0.25, 0.3) is 11.1 Å². The zero-order valence-electron chi connectivity index (χ0n) is 33.9. The van der Waals surface area contributed by atoms with Crippen molar-refractivity contribution in [3.05, 3.63) is 87.0 Å². The quantitative estimate of drug-likeness (QED) is 0.157. The van der Waals surface area contributed by atoms with Crippen molar-refractivity contribution in [3.8, 4) is 11.1 Å². The second kappa shape index (κ2) is 15.3. The number of rotatable bonds is 11. The van der Waals surface area contributed by atoms with Crippen LogP contribution in [0.4, 0.5) is 5.69 Å². The van der Waals surface area contributed by atoms with Crippen LogP contribution >= 0.6 is 11.6 Å². The van der Waals surface area contributed by atoms with Crippen LogP contribution in [0.5, 0.6) is 0 Å². The fraction of sp³-hybridized carbons (Fsp3) is 0.533. The molecule has 0 radical (unpaired) electrons. The van der Waals surface area contributed by atoms with Gasteiger partial charge in [0, 0.05) is 101 Å². The monoisotopic (exact) mass is 807 g/mol. The largest absolute Gasteiger partial charge is 0.481 e. The maximum Gasteiger partial charge on any atom is 0.309 e. The summed E-state index contributed by atoms with van der Waals surface area (Å²) in [6.07, 6.45) is 9.32. The Hall–Kier alpha value is -4.36. The first-order valence-corrected chi connectivity index (χ1v) is 21.4. The Morgan fingerprint density at radius 1 is 0.897 bits per heavy atom. The summed E-state index contributed by atoms with van der Waals surface area (Å²) in [7, 11) is 3.86. The highest BCUT2D eigenvalue weighted by atomic mass is 35.5. The number of nitrogens with one attached hydrogen (secondary N) is 1. The number of anilines is 1. The molecule has 5 aliphatic rings. The van der Waals surface area contributed by atoms with Crippen LogP contribution in [0.3, 0.4) is 0 Å². The molecule has 1 saturated heterocycles. The van der Waals surface area contributed by atoms with Gasteiger partial charge in [0.05, 0.1) is 21.8 Å². The third-order valence-electron chi connectivity index (χ3n) is 14.5. The zero-order valence-corrected chi connectivity index (χ0v) is 34.7. The van der Waals surface area contributed by atoms with Crippen molar-refractivity contribution in [2.24, 2.45) is 24.9 Å². The number of carbonyl (C=O) groups excluding carboxylic acids is 2. The first-order valence-electron chi connectivity index (χ1n) is 21.0. The fourth-order valence-corrected chi connectivity index (χ4v) is 11.2. The van der Waals surface area contributed by atoms with Crippen LogP contribution in [0, 0.1) is 17.8 Å². The minimum absolute atomic E-state index is 0.0682. The molecule has 2 N–H and O–H groups in total. The standard InChI is InChI=1S/C45H54ClN7O5/c1-28-31(32-8-4-6-29(39(32)46)24-38(54)40-47-35-26-53(20-11-37(35)50(40)2)30-12-22-58-23-13-30)7-5-9-33(28)49-42(55)41-48-34-25-52(19-10-36(34)51(41)3)21-18-44-14-16-45(27-44,17-15-44)43(56)57/h4-9,30H,10-27H2,1-3H3,(H,49,55)(H,56,57). The van der Waals surface area contributed by atoms with Gasteiger partial charge in [-0.1, -0.05) is 41.9 Å². The van der Waals surface area contributed by atoms with Gasteiger partial charge < -0.3 is 24.3 Å². The number of carboxylic acid groups (broad SMARTS) is 1. The number of ketones is 1. The molecule has 2 aromatic heterocycles. The number of amides is 1. The first-order chi connectivity index (χ1) is 27.9. The van der Waals surface area contributed by atoms with E-state index in [0.717, 1.165) is 149 Å². The Kier molecular flexibility index (Phi) is 10.4. The number of carboxylic acids is 1. The molecule has 5 heterocycles. The lowest BCUT2D eigenvalue weighted by molar-refractivity contribution is -0.148. The van der Waals surface area contributed by atoms with E-state index in [2.05, 4.69) is 15.1 Å². The van der Waals surface area contributed by atoms with Crippen molar-refractivity contribution < 1.29 is 24.2 Å². The number of halogens is 1. The molecule has 2 aliphatic carbocycles. The molecule has 0 unspecified atom stereocenters. The smallest absolute Gasteiger partial charge is 0.309 e. The topological polar surface area (TPSA) is 135 Å². The lowest BCUT2D eigenvalue weighted by Gasteiger charge is -2.36. The number of Topliss-reactive ketones (excluding diaryl/α,β-unsaturated/α-hetero) is 1. The summed E-state index contributed by atoms with van der Waals surface area (Å²) in [4.78, 5) is 54.3. The van der Waals surface area contributed by atoms with Crippen molar-refractivity contribution in [2.45, 2.75) is 96.7 Å². The normalized spacial score (nSPS) is 23.5. The Morgan fingerprint density at radius 2 is 1.57 bits per heavy atom. The third kappa shape index (κ3) is 6.99. The molecule has 9 rings (SSSR count). The molecular weight excluding hydrogens is 754 g/mol. The van der Waals surface area contributed by atoms with Gasteiger partial charge in [-0.15, -0.1) is 0 Å². The molecule has 2 aromatic carbocycles. The number of benzene rings is 2. The van der Waals surface area contributed by atoms with Crippen molar-refractivity contribution in [2.75, 3.05) is 38.2 Å². The predicted octanol–water partition coefficient (Wildman–Crippen LogP) is 6.78. The first kappa shape index (κ1) is 39.1. The number of nitrogens with zero attached hydrogens (tertiary/aromatic N) is 6. The molecule has 3 aliphatic heterocycles. The summed E-state index contributed by atoms with van der Waals surface area (Å²) in [5.74, 6) is -0.116. The number of hydrogen-bond acceptors (Lipinski definition) is 8. The van der Waals surface area contributed by atoms with Gasteiger partial charge in [0.2, 0.25) is 5.78 Å². The van der Waals surface area contributed by atoms with E-state index in [9.17, 15) is 19.5 Å². The second-order valence-electron chi connectivity index (χ2n) is 17.7. The van der Waals surface area contributed by atoms with Gasteiger partial charge in [-0.3, -0.25) is 24.2 Å². The average Bonchev–Trinajstić information content (AvgIpc) is 3.99. The molecule has 2 saturated carbocycles. The van der Waals surface area contributed by atoms with Gasteiger partial charge in [-0.05, 0) is 93.0 Å². The predicted molar refractivity (Wildman–Crippen MR) is 221 cm³/mol. The molecule has 13 heteroatoms. The highest BCUT2D eigenvalue weighted by Crippen LogP contribution is 2.63. The number of carbonyl (C=O) groups is 3. The summed E-state index contributed by atoms with van der Waals surface area (Å²) in [5.41, 5.74) is 7.71. The van der Waals surface area contributed by atoms with Gasteiger partial charge in [0.25, 0.3) is 5.91 Å². The maximum atomic E-state index is 13.8. The molecule has 0 spiro atoms. The summed E-state index contributed by atoms with van der Waals surface area (Å²) in [5, 5.41) is 13.5. The molecule has 12 nitrogen and oxygen atoms in total. The molecular formula is C45H54ClN7O5. The summed E-state index contributed by atoms with van der Waals surface area (Å²) >= 11 is 7.11. The van der Waals surface area contributed by atoms with E-state index < -0.39 is 11.4 Å². The van der Waals surface area contributed by atoms with Gasteiger partial charge in [-0.25, -0.2) is 9.97 Å². The molecule has 1 amide bonds. The molecule has 3 fully saturated rings. The van der Waals surface area contributed by atoms with E-state index in [-0.39, 0.29) is 23.5 Å². The molecule has 0 atom stereocenters. The fourth-order valence-electron chi connectivity index (χ4n) is 10.9. The van der Waals surface area contributed by atoms with Crippen molar-refractivity contribution in [3.63, 3.8) is 0 Å². The number of ether oxygens (including phenoxy) is 1. The van der Waals surface area contributed by atoms with Crippen molar-refractivity contribution >= 4 is 34.9 Å². The van der Waals surface area contributed by atoms with Gasteiger partial charge in [0.1, 0.15) is 0 Å². The Morgan fingerprint density at radius 3 is 2.31 bits per heavy atom. The molecule has 306 valence electrons. The van der Waals surface area contributed by atoms with E-state index in [1.165, 1.54) is 0 Å². The number of hydrogen-bond donors (Lipinski definition) is 2. The summed E-state index contributed by atoms with van der Waals surface area (Å²) < 4.78 is 9.47. The minimum Gasteiger partial charge on any atom is -0.481 e. The van der Waals surface area contributed by atoms with E-state index >= 15 is 0 Å².